The summed E-state index contributed by atoms with van der Waals surface area (Å²) < 4.78 is 11.7. The predicted octanol–water partition coefficient (Wildman–Crippen LogP) is 2.42. The number of fused-ring (bicyclic) bond motifs is 2. The van der Waals surface area contributed by atoms with Gasteiger partial charge in [-0.3, -0.25) is 9.59 Å². The second-order valence-electron chi connectivity index (χ2n) is 12.3. The summed E-state index contributed by atoms with van der Waals surface area (Å²) in [5.74, 6) is -2.54. The number of carbonyl (C=O) groups excluding carboxylic acids is 2. The minimum Gasteiger partial charge on any atom is -0.511 e. The third-order valence-corrected chi connectivity index (χ3v) is 9.59. The van der Waals surface area contributed by atoms with Gasteiger partial charge in [0.05, 0.1) is 24.0 Å². The largest absolute Gasteiger partial charge is 0.511 e. The Morgan fingerprint density at radius 2 is 1.84 bits per heavy atom. The molecule has 0 spiro atoms. The highest BCUT2D eigenvalue weighted by Gasteiger charge is 2.56. The van der Waals surface area contributed by atoms with Crippen LogP contribution < -0.4 is 10.5 Å². The van der Waals surface area contributed by atoms with Gasteiger partial charge in [0.15, 0.2) is 11.6 Å². The summed E-state index contributed by atoms with van der Waals surface area (Å²) in [6, 6.07) is 7.79. The minimum atomic E-state index is -2.18. The number of aryl methyl sites for hydroxylation is 1. The zero-order valence-electron chi connectivity index (χ0n) is 24.2. The first kappa shape index (κ1) is 30.4. The predicted molar refractivity (Wildman–Crippen MR) is 158 cm³/mol. The Bertz CT molecular complexity index is 1500. The Morgan fingerprint density at radius 3 is 2.57 bits per heavy atom. The number of ketones is 2. The second kappa shape index (κ2) is 12.1. The zero-order chi connectivity index (χ0) is 31.2. The molecule has 1 aliphatic heterocycles. The molecule has 6 rings (SSSR count). The number of nitrogen functional groups attached to an aromatic ring is 1. The van der Waals surface area contributed by atoms with E-state index in [9.17, 15) is 35.1 Å². The maximum atomic E-state index is 13.9. The number of hydrogen-bond acceptors (Lipinski definition) is 11. The summed E-state index contributed by atoms with van der Waals surface area (Å²) in [7, 11) is 0. The van der Waals surface area contributed by atoms with Crippen molar-refractivity contribution in [3.05, 3.63) is 76.7 Å². The summed E-state index contributed by atoms with van der Waals surface area (Å²) in [6.45, 7) is -0.694. The number of hydrogen-bond donors (Lipinski definition) is 6. The van der Waals surface area contributed by atoms with Gasteiger partial charge in [-0.25, -0.2) is 4.98 Å². The molecule has 2 aromatic rings. The summed E-state index contributed by atoms with van der Waals surface area (Å²) in [4.78, 5) is 31.6. The van der Waals surface area contributed by atoms with Crippen molar-refractivity contribution < 1.29 is 44.6 Å². The second-order valence-corrected chi connectivity index (χ2v) is 12.3. The van der Waals surface area contributed by atoms with Gasteiger partial charge in [-0.2, -0.15) is 0 Å². The van der Waals surface area contributed by atoms with E-state index < -0.39 is 54.4 Å². The topological polar surface area (TPSA) is 193 Å². The number of Topliss-reactive ketones (excluding diaryl/α,β-unsaturated/α-hetero) is 2. The number of allylic oxidation sites excluding steroid dienone is 4. The maximum absolute atomic E-state index is 13.9. The Hall–Kier alpha value is -3.61. The highest BCUT2D eigenvalue weighted by Crippen LogP contribution is 2.45. The number of benzene rings is 1. The van der Waals surface area contributed by atoms with Crippen molar-refractivity contribution in [3.8, 4) is 5.75 Å². The molecule has 2 heterocycles. The maximum Gasteiger partial charge on any atom is 0.229 e. The number of rotatable bonds is 7. The van der Waals surface area contributed by atoms with Gasteiger partial charge in [0.25, 0.3) is 0 Å². The van der Waals surface area contributed by atoms with Crippen LogP contribution in [0.4, 0.5) is 5.82 Å². The van der Waals surface area contributed by atoms with Crippen LogP contribution in [-0.2, 0) is 11.2 Å². The lowest BCUT2D eigenvalue weighted by atomic mass is 9.68. The standard InChI is InChI=1S/C33H38N2O9/c34-25-13-17(10-12-35-25)9-11-33(42)30(40)24(16-36)44-32(31(33)41)43-23-8-4-7-20-27(23)29(39)26-21(28(20)38)14-19(15-22(26)37)18-5-2-1-3-6-18/h4,7-8,10,12-15,18,21,24,26,30-32,36-37,40-42H,1-3,5-6,9,11,16H2,(H2,34,35)/t21-,24+,26-,30+,31-,32+,33-/m0/s1. The van der Waals surface area contributed by atoms with E-state index in [4.69, 9.17) is 15.2 Å². The SMILES string of the molecule is Nc1cc(CC[C@]2(O)[C@H](O)[C@@H](CO)O[C@@H](Oc3cccc4c3C(=O)[C@@H]3C(O)=CC(C5CCCCC5)=C[C@@H]3C4=O)[C@@H]2O)ccn1. The molecule has 11 heteroatoms. The van der Waals surface area contributed by atoms with Crippen molar-refractivity contribution in [2.75, 3.05) is 12.3 Å². The Labute approximate surface area is 254 Å². The van der Waals surface area contributed by atoms with Gasteiger partial charge in [0.2, 0.25) is 6.29 Å². The fourth-order valence-corrected chi connectivity index (χ4v) is 7.14. The number of nitrogens with zero attached hydrogens (tertiary/aromatic N) is 1. The lowest BCUT2D eigenvalue weighted by Crippen LogP contribution is -2.68. The number of nitrogens with two attached hydrogens (primary N) is 1. The molecule has 1 aromatic heterocycles. The first-order valence-corrected chi connectivity index (χ1v) is 15.2. The van der Waals surface area contributed by atoms with Gasteiger partial charge in [0, 0.05) is 11.8 Å². The zero-order valence-corrected chi connectivity index (χ0v) is 24.2. The molecule has 7 atom stereocenters. The van der Waals surface area contributed by atoms with E-state index in [0.717, 1.165) is 37.7 Å². The van der Waals surface area contributed by atoms with Crippen molar-refractivity contribution in [1.29, 1.82) is 0 Å². The summed E-state index contributed by atoms with van der Waals surface area (Å²) in [5, 5.41) is 54.7. The quantitative estimate of drug-likeness (QED) is 0.271. The smallest absolute Gasteiger partial charge is 0.229 e. The molecule has 0 radical (unpaired) electrons. The molecule has 1 aromatic carbocycles. The van der Waals surface area contributed by atoms with Crippen LogP contribution in [0.5, 0.6) is 5.75 Å². The van der Waals surface area contributed by atoms with Crippen LogP contribution in [-0.4, -0.2) is 78.9 Å². The molecule has 234 valence electrons. The molecule has 11 nitrogen and oxygen atoms in total. The molecule has 44 heavy (non-hydrogen) atoms. The number of anilines is 1. The molecule has 2 fully saturated rings. The van der Waals surface area contributed by atoms with Crippen LogP contribution in [0.15, 0.2) is 60.0 Å². The van der Waals surface area contributed by atoms with Crippen LogP contribution in [0, 0.1) is 17.8 Å². The molecule has 4 aliphatic rings. The molecule has 0 bridgehead atoms. The average molecular weight is 607 g/mol. The van der Waals surface area contributed by atoms with Crippen molar-refractivity contribution >= 4 is 17.4 Å². The molecule has 0 amide bonds. The highest BCUT2D eigenvalue weighted by molar-refractivity contribution is 6.19. The van der Waals surface area contributed by atoms with Crippen LogP contribution in [0.2, 0.25) is 0 Å². The number of carbonyl (C=O) groups is 2. The van der Waals surface area contributed by atoms with Gasteiger partial charge in [-0.1, -0.05) is 37.5 Å². The lowest BCUT2D eigenvalue weighted by Gasteiger charge is -2.48. The van der Waals surface area contributed by atoms with Crippen molar-refractivity contribution in [2.24, 2.45) is 17.8 Å². The molecule has 1 saturated carbocycles. The highest BCUT2D eigenvalue weighted by atomic mass is 16.7. The van der Waals surface area contributed by atoms with E-state index in [1.54, 1.807) is 18.2 Å². The molecule has 3 aliphatic carbocycles. The molecular weight excluding hydrogens is 568 g/mol. The summed E-state index contributed by atoms with van der Waals surface area (Å²) in [5.41, 5.74) is 5.22. The van der Waals surface area contributed by atoms with E-state index >= 15 is 0 Å². The van der Waals surface area contributed by atoms with Gasteiger partial charge in [-0.15, -0.1) is 0 Å². The lowest BCUT2D eigenvalue weighted by molar-refractivity contribution is -0.315. The monoisotopic (exact) mass is 606 g/mol. The molecule has 7 N–H and O–H groups in total. The number of ether oxygens (including phenoxy) is 2. The van der Waals surface area contributed by atoms with Crippen LogP contribution in [0.3, 0.4) is 0 Å². The minimum absolute atomic E-state index is 0.0634. The molecule has 1 saturated heterocycles. The third kappa shape index (κ3) is 5.33. The van der Waals surface area contributed by atoms with E-state index in [-0.39, 0.29) is 53.0 Å². The number of aromatic nitrogens is 1. The van der Waals surface area contributed by atoms with Crippen molar-refractivity contribution in [3.63, 3.8) is 0 Å². The number of aliphatic hydroxyl groups is 5. The first-order valence-electron chi connectivity index (χ1n) is 15.2. The van der Waals surface area contributed by atoms with Crippen molar-refractivity contribution in [1.82, 2.24) is 4.98 Å². The summed E-state index contributed by atoms with van der Waals surface area (Å²) in [6.07, 6.45) is 3.82. The van der Waals surface area contributed by atoms with E-state index in [2.05, 4.69) is 4.98 Å². The Kier molecular flexibility index (Phi) is 8.33. The molecular formula is C33H38N2O9. The average Bonchev–Trinajstić information content (AvgIpc) is 3.03. The van der Waals surface area contributed by atoms with Gasteiger partial charge < -0.3 is 40.7 Å². The molecule has 0 unspecified atom stereocenters. The van der Waals surface area contributed by atoms with Crippen LogP contribution >= 0.6 is 0 Å². The third-order valence-electron chi connectivity index (χ3n) is 9.59. The van der Waals surface area contributed by atoms with Crippen LogP contribution in [0.25, 0.3) is 0 Å². The van der Waals surface area contributed by atoms with Crippen LogP contribution in [0.1, 0.15) is 64.8 Å². The van der Waals surface area contributed by atoms with Gasteiger partial charge in [-0.05, 0) is 67.0 Å². The normalized spacial score (nSPS) is 32.4. The van der Waals surface area contributed by atoms with E-state index in [1.165, 1.54) is 24.4 Å². The number of aliphatic hydroxyl groups excluding tert-OH is 4. The summed E-state index contributed by atoms with van der Waals surface area (Å²) >= 11 is 0. The van der Waals surface area contributed by atoms with Gasteiger partial charge >= 0.3 is 0 Å². The Balaban J connectivity index is 1.28. The van der Waals surface area contributed by atoms with E-state index in [0.29, 0.717) is 5.56 Å². The fraction of sp³-hybridized carbons (Fsp3) is 0.485. The van der Waals surface area contributed by atoms with E-state index in [1.807, 2.05) is 6.08 Å². The number of pyridine rings is 1. The fourth-order valence-electron chi connectivity index (χ4n) is 7.14. The van der Waals surface area contributed by atoms with Crippen molar-refractivity contribution in [2.45, 2.75) is 75.1 Å². The first-order chi connectivity index (χ1) is 21.1. The Morgan fingerprint density at radius 1 is 1.07 bits per heavy atom. The van der Waals surface area contributed by atoms with Gasteiger partial charge in [0.1, 0.15) is 41.2 Å².